The fourth-order valence-electron chi connectivity index (χ4n) is 2.62. The number of pyridine rings is 1. The minimum absolute atomic E-state index is 0.0388. The number of amides is 1. The Morgan fingerprint density at radius 3 is 2.90 bits per heavy atom. The maximum absolute atomic E-state index is 11.2. The fraction of sp³-hybridized carbons (Fsp3) is 0.250. The van der Waals surface area contributed by atoms with E-state index in [-0.39, 0.29) is 12.5 Å². The van der Waals surface area contributed by atoms with Crippen LogP contribution in [0.5, 0.6) is 0 Å². The van der Waals surface area contributed by atoms with E-state index in [0.717, 1.165) is 25.1 Å². The van der Waals surface area contributed by atoms with Crippen LogP contribution in [0.3, 0.4) is 0 Å². The molecule has 0 bridgehead atoms. The van der Waals surface area contributed by atoms with Crippen LogP contribution in [0.4, 0.5) is 17.2 Å². The molecule has 3 N–H and O–H groups in total. The first kappa shape index (κ1) is 13.6. The zero-order valence-electron chi connectivity index (χ0n) is 11.7. The molecule has 5 heteroatoms. The van der Waals surface area contributed by atoms with Crippen LogP contribution in [0.25, 0.3) is 0 Å². The third-order valence-corrected chi connectivity index (χ3v) is 3.62. The average Bonchev–Trinajstić information content (AvgIpc) is 2.55. The third kappa shape index (κ3) is 2.87. The van der Waals surface area contributed by atoms with Gasteiger partial charge in [0.2, 0.25) is 5.91 Å². The molecule has 0 saturated heterocycles. The molecule has 0 unspecified atom stereocenters. The number of rotatable bonds is 3. The van der Waals surface area contributed by atoms with Gasteiger partial charge in [-0.2, -0.15) is 0 Å². The molecule has 108 valence electrons. The molecule has 0 atom stereocenters. The summed E-state index contributed by atoms with van der Waals surface area (Å²) < 4.78 is 0. The number of aryl methyl sites for hydroxylation is 1. The van der Waals surface area contributed by atoms with Gasteiger partial charge in [0.1, 0.15) is 5.82 Å². The highest BCUT2D eigenvalue weighted by Gasteiger charge is 2.17. The van der Waals surface area contributed by atoms with Crippen molar-refractivity contribution in [1.82, 2.24) is 4.98 Å². The summed E-state index contributed by atoms with van der Waals surface area (Å²) in [7, 11) is 0. The SMILES string of the molecule is NCC(=O)Nc1ccc(N2CCCc3ccccc32)cn1. The number of nitrogens with one attached hydrogen (secondary N) is 1. The van der Waals surface area contributed by atoms with E-state index >= 15 is 0 Å². The molecule has 3 rings (SSSR count). The zero-order chi connectivity index (χ0) is 14.7. The molecule has 0 fully saturated rings. The zero-order valence-corrected chi connectivity index (χ0v) is 11.7. The predicted octanol–water partition coefficient (Wildman–Crippen LogP) is 2.06. The van der Waals surface area contributed by atoms with Gasteiger partial charge in [0, 0.05) is 12.2 Å². The molecule has 1 aromatic carbocycles. The summed E-state index contributed by atoms with van der Waals surface area (Å²) in [5.41, 5.74) is 8.91. The Kier molecular flexibility index (Phi) is 3.83. The van der Waals surface area contributed by atoms with Crippen LogP contribution in [0.15, 0.2) is 42.6 Å². The average molecular weight is 282 g/mol. The Morgan fingerprint density at radius 2 is 2.14 bits per heavy atom. The van der Waals surface area contributed by atoms with E-state index in [1.165, 1.54) is 11.3 Å². The quantitative estimate of drug-likeness (QED) is 0.904. The molecule has 0 radical (unpaired) electrons. The van der Waals surface area contributed by atoms with Gasteiger partial charge in [-0.1, -0.05) is 18.2 Å². The first-order valence-corrected chi connectivity index (χ1v) is 7.09. The second-order valence-corrected chi connectivity index (χ2v) is 5.04. The standard InChI is InChI=1S/C16H18N4O/c17-10-16(21)19-15-8-7-13(11-18-15)20-9-3-5-12-4-1-2-6-14(12)20/h1-2,4,6-8,11H,3,5,9-10,17H2,(H,18,19,21). The summed E-state index contributed by atoms with van der Waals surface area (Å²) in [6, 6.07) is 12.2. The lowest BCUT2D eigenvalue weighted by Gasteiger charge is -2.31. The van der Waals surface area contributed by atoms with E-state index < -0.39 is 0 Å². The van der Waals surface area contributed by atoms with E-state index in [4.69, 9.17) is 5.73 Å². The summed E-state index contributed by atoms with van der Waals surface area (Å²) in [5, 5.41) is 2.65. The molecule has 1 amide bonds. The van der Waals surface area contributed by atoms with Gasteiger partial charge < -0.3 is 16.0 Å². The number of carbonyl (C=O) groups is 1. The van der Waals surface area contributed by atoms with Crippen molar-refractivity contribution >= 4 is 23.1 Å². The number of anilines is 3. The van der Waals surface area contributed by atoms with Crippen LogP contribution in [-0.2, 0) is 11.2 Å². The van der Waals surface area contributed by atoms with E-state index in [1.807, 2.05) is 6.07 Å². The summed E-state index contributed by atoms with van der Waals surface area (Å²) in [6.45, 7) is 0.941. The lowest BCUT2D eigenvalue weighted by Crippen LogP contribution is -2.25. The first-order valence-electron chi connectivity index (χ1n) is 7.09. The van der Waals surface area contributed by atoms with Crippen LogP contribution in [-0.4, -0.2) is 24.0 Å². The Bertz CT molecular complexity index is 639. The minimum atomic E-state index is -0.237. The number of benzene rings is 1. The van der Waals surface area contributed by atoms with Crippen molar-refractivity contribution in [3.63, 3.8) is 0 Å². The normalized spacial score (nSPS) is 13.7. The van der Waals surface area contributed by atoms with Crippen molar-refractivity contribution < 1.29 is 4.79 Å². The topological polar surface area (TPSA) is 71.2 Å². The largest absolute Gasteiger partial charge is 0.340 e. The number of nitrogens with two attached hydrogens (primary N) is 1. The number of aromatic nitrogens is 1. The van der Waals surface area contributed by atoms with Gasteiger partial charge in [-0.3, -0.25) is 4.79 Å². The van der Waals surface area contributed by atoms with E-state index in [2.05, 4.69) is 39.5 Å². The smallest absolute Gasteiger partial charge is 0.239 e. The summed E-state index contributed by atoms with van der Waals surface area (Å²) in [4.78, 5) is 17.8. The first-order chi connectivity index (χ1) is 10.3. The lowest BCUT2D eigenvalue weighted by atomic mass is 10.0. The van der Waals surface area contributed by atoms with Gasteiger partial charge in [0.25, 0.3) is 0 Å². The van der Waals surface area contributed by atoms with Crippen LogP contribution in [0.2, 0.25) is 0 Å². The number of fused-ring (bicyclic) bond motifs is 1. The molecule has 2 aromatic rings. The van der Waals surface area contributed by atoms with Crippen molar-refractivity contribution in [3.8, 4) is 0 Å². The van der Waals surface area contributed by atoms with Crippen LogP contribution in [0, 0.1) is 0 Å². The monoisotopic (exact) mass is 282 g/mol. The van der Waals surface area contributed by atoms with Gasteiger partial charge in [-0.05, 0) is 36.6 Å². The fourth-order valence-corrected chi connectivity index (χ4v) is 2.62. The van der Waals surface area contributed by atoms with Crippen molar-refractivity contribution in [2.75, 3.05) is 23.3 Å². The van der Waals surface area contributed by atoms with Gasteiger partial charge in [-0.25, -0.2) is 4.98 Å². The molecule has 1 aliphatic heterocycles. The van der Waals surface area contributed by atoms with Crippen molar-refractivity contribution in [2.45, 2.75) is 12.8 Å². The second-order valence-electron chi connectivity index (χ2n) is 5.04. The Morgan fingerprint density at radius 1 is 1.29 bits per heavy atom. The maximum atomic E-state index is 11.2. The predicted molar refractivity (Wildman–Crippen MR) is 83.7 cm³/mol. The Hall–Kier alpha value is -2.40. The van der Waals surface area contributed by atoms with Gasteiger partial charge in [-0.15, -0.1) is 0 Å². The van der Waals surface area contributed by atoms with E-state index in [1.54, 1.807) is 12.3 Å². The number of hydrogen-bond acceptors (Lipinski definition) is 4. The summed E-state index contributed by atoms with van der Waals surface area (Å²) >= 11 is 0. The van der Waals surface area contributed by atoms with Gasteiger partial charge >= 0.3 is 0 Å². The van der Waals surface area contributed by atoms with Crippen molar-refractivity contribution in [1.29, 1.82) is 0 Å². The molecule has 0 saturated carbocycles. The molecular weight excluding hydrogens is 264 g/mol. The number of hydrogen-bond donors (Lipinski definition) is 2. The lowest BCUT2D eigenvalue weighted by molar-refractivity contribution is -0.114. The highest BCUT2D eigenvalue weighted by atomic mass is 16.1. The molecule has 0 aliphatic carbocycles. The van der Waals surface area contributed by atoms with Crippen molar-refractivity contribution in [2.24, 2.45) is 5.73 Å². The van der Waals surface area contributed by atoms with Gasteiger partial charge in [0.15, 0.2) is 0 Å². The maximum Gasteiger partial charge on any atom is 0.239 e. The molecule has 0 spiro atoms. The molecule has 2 heterocycles. The van der Waals surface area contributed by atoms with Crippen molar-refractivity contribution in [3.05, 3.63) is 48.2 Å². The highest BCUT2D eigenvalue weighted by molar-refractivity contribution is 5.91. The van der Waals surface area contributed by atoms with E-state index in [0.29, 0.717) is 5.82 Å². The summed E-state index contributed by atoms with van der Waals surface area (Å²) in [5.74, 6) is 0.290. The summed E-state index contributed by atoms with van der Waals surface area (Å²) in [6.07, 6.45) is 4.03. The Balaban J connectivity index is 1.83. The number of carbonyl (C=O) groups excluding carboxylic acids is 1. The van der Waals surface area contributed by atoms with Crippen LogP contribution >= 0.6 is 0 Å². The molecule has 5 nitrogen and oxygen atoms in total. The molecule has 21 heavy (non-hydrogen) atoms. The Labute approximate surface area is 123 Å². The second kappa shape index (κ2) is 5.93. The molecule has 1 aliphatic rings. The molecule has 1 aromatic heterocycles. The van der Waals surface area contributed by atoms with Crippen LogP contribution in [0.1, 0.15) is 12.0 Å². The van der Waals surface area contributed by atoms with Gasteiger partial charge in [0.05, 0.1) is 18.4 Å². The molecular formula is C16H18N4O. The van der Waals surface area contributed by atoms with E-state index in [9.17, 15) is 4.79 Å². The highest BCUT2D eigenvalue weighted by Crippen LogP contribution is 2.32. The van der Waals surface area contributed by atoms with Crippen LogP contribution < -0.4 is 16.0 Å². The third-order valence-electron chi connectivity index (χ3n) is 3.62. The number of nitrogens with zero attached hydrogens (tertiary/aromatic N) is 2. The number of para-hydroxylation sites is 1. The minimum Gasteiger partial charge on any atom is -0.340 e.